The van der Waals surface area contributed by atoms with Gasteiger partial charge in [0.1, 0.15) is 23.9 Å². The molecule has 0 saturated heterocycles. The van der Waals surface area contributed by atoms with Crippen LogP contribution in [0.4, 0.5) is 0 Å². The Morgan fingerprint density at radius 2 is 2.04 bits per heavy atom. The van der Waals surface area contributed by atoms with Crippen molar-refractivity contribution >= 4 is 11.3 Å². The maximum absolute atomic E-state index is 5.63. The van der Waals surface area contributed by atoms with Crippen molar-refractivity contribution in [2.75, 3.05) is 20.3 Å². The van der Waals surface area contributed by atoms with E-state index in [1.165, 1.54) is 11.3 Å². The number of likely N-dealkylation sites (N-methyl/N-ethyl adjacent to an activating group) is 1. The van der Waals surface area contributed by atoms with Crippen LogP contribution in [0.5, 0.6) is 11.5 Å². The summed E-state index contributed by atoms with van der Waals surface area (Å²) >= 11 is 1.53. The minimum atomic E-state index is 0.286. The van der Waals surface area contributed by atoms with Crippen LogP contribution < -0.4 is 14.8 Å². The third-order valence-corrected chi connectivity index (χ3v) is 4.85. The molecule has 0 aliphatic carbocycles. The molecule has 1 aliphatic rings. The first kappa shape index (κ1) is 16.0. The Kier molecular flexibility index (Phi) is 4.37. The Labute approximate surface area is 149 Å². The lowest BCUT2D eigenvalue weighted by Gasteiger charge is -2.18. The van der Waals surface area contributed by atoms with E-state index in [9.17, 15) is 0 Å². The standard InChI is InChI=1S/C17H18N4O3S/c1-10(18-2)7-15-20-16(24-21-15)12-9-25-17(19-12)11-3-4-13-14(8-11)23-6-5-22-13/h3-4,8-10,18H,5-7H2,1-2H3. The fraction of sp³-hybridized carbons (Fsp3) is 0.353. The molecule has 4 rings (SSSR count). The first-order valence-electron chi connectivity index (χ1n) is 8.08. The first-order valence-corrected chi connectivity index (χ1v) is 8.96. The predicted octanol–water partition coefficient (Wildman–Crippen LogP) is 2.78. The van der Waals surface area contributed by atoms with E-state index >= 15 is 0 Å². The van der Waals surface area contributed by atoms with Crippen molar-refractivity contribution in [3.8, 4) is 33.7 Å². The zero-order chi connectivity index (χ0) is 17.2. The van der Waals surface area contributed by atoms with E-state index in [4.69, 9.17) is 14.0 Å². The fourth-order valence-corrected chi connectivity index (χ4v) is 3.29. The summed E-state index contributed by atoms with van der Waals surface area (Å²) < 4.78 is 16.5. The summed E-state index contributed by atoms with van der Waals surface area (Å²) in [4.78, 5) is 9.05. The van der Waals surface area contributed by atoms with Gasteiger partial charge in [-0.1, -0.05) is 5.16 Å². The van der Waals surface area contributed by atoms with Gasteiger partial charge >= 0.3 is 0 Å². The lowest BCUT2D eigenvalue weighted by atomic mass is 10.2. The van der Waals surface area contributed by atoms with Gasteiger partial charge in [-0.3, -0.25) is 0 Å². The van der Waals surface area contributed by atoms with Crippen LogP contribution in [0.1, 0.15) is 12.7 Å². The molecule has 1 N–H and O–H groups in total. The van der Waals surface area contributed by atoms with Crippen molar-refractivity contribution in [2.24, 2.45) is 0 Å². The lowest BCUT2D eigenvalue weighted by Crippen LogP contribution is -2.24. The summed E-state index contributed by atoms with van der Waals surface area (Å²) in [5.74, 6) is 2.64. The van der Waals surface area contributed by atoms with Crippen molar-refractivity contribution in [1.29, 1.82) is 0 Å². The summed E-state index contributed by atoms with van der Waals surface area (Å²) in [5, 5.41) is 9.97. The molecule has 3 heterocycles. The Hall–Kier alpha value is -2.45. The highest BCUT2D eigenvalue weighted by Gasteiger charge is 2.17. The average Bonchev–Trinajstić information content (AvgIpc) is 3.30. The molecule has 7 nitrogen and oxygen atoms in total. The number of nitrogens with one attached hydrogen (secondary N) is 1. The predicted molar refractivity (Wildman–Crippen MR) is 94.1 cm³/mol. The van der Waals surface area contributed by atoms with Crippen LogP contribution in [0.3, 0.4) is 0 Å². The Balaban J connectivity index is 1.56. The zero-order valence-electron chi connectivity index (χ0n) is 14.0. The highest BCUT2D eigenvalue weighted by atomic mass is 32.1. The molecule has 1 unspecified atom stereocenters. The minimum Gasteiger partial charge on any atom is -0.486 e. The summed E-state index contributed by atoms with van der Waals surface area (Å²) in [6, 6.07) is 6.12. The number of ether oxygens (including phenoxy) is 2. The van der Waals surface area contributed by atoms with Crippen molar-refractivity contribution in [3.05, 3.63) is 29.4 Å². The molecule has 0 amide bonds. The third kappa shape index (κ3) is 3.35. The van der Waals surface area contributed by atoms with Crippen LogP contribution in [0.2, 0.25) is 0 Å². The van der Waals surface area contributed by atoms with Gasteiger partial charge in [-0.15, -0.1) is 11.3 Å². The van der Waals surface area contributed by atoms with Crippen LogP contribution in [0.15, 0.2) is 28.1 Å². The molecule has 0 radical (unpaired) electrons. The van der Waals surface area contributed by atoms with Crippen LogP contribution in [-0.2, 0) is 6.42 Å². The largest absolute Gasteiger partial charge is 0.486 e. The maximum Gasteiger partial charge on any atom is 0.277 e. The smallest absolute Gasteiger partial charge is 0.277 e. The lowest BCUT2D eigenvalue weighted by molar-refractivity contribution is 0.171. The van der Waals surface area contributed by atoms with Crippen LogP contribution in [-0.4, -0.2) is 41.4 Å². The molecule has 1 aliphatic heterocycles. The number of nitrogens with zero attached hydrogens (tertiary/aromatic N) is 3. The molecule has 0 bridgehead atoms. The number of benzene rings is 1. The highest BCUT2D eigenvalue weighted by molar-refractivity contribution is 7.13. The van der Waals surface area contributed by atoms with Gasteiger partial charge in [0.15, 0.2) is 17.3 Å². The van der Waals surface area contributed by atoms with E-state index < -0.39 is 0 Å². The van der Waals surface area contributed by atoms with E-state index in [-0.39, 0.29) is 6.04 Å². The van der Waals surface area contributed by atoms with Gasteiger partial charge < -0.3 is 19.3 Å². The molecule has 0 saturated carbocycles. The summed E-state index contributed by atoms with van der Waals surface area (Å²) in [6.07, 6.45) is 0.707. The summed E-state index contributed by atoms with van der Waals surface area (Å²) in [5.41, 5.74) is 1.66. The van der Waals surface area contributed by atoms with E-state index in [0.29, 0.717) is 37.0 Å². The normalized spacial score (nSPS) is 14.5. The number of fused-ring (bicyclic) bond motifs is 1. The molecule has 0 spiro atoms. The number of hydrogen-bond acceptors (Lipinski definition) is 8. The van der Waals surface area contributed by atoms with Crippen molar-refractivity contribution in [2.45, 2.75) is 19.4 Å². The van der Waals surface area contributed by atoms with Crippen LogP contribution >= 0.6 is 11.3 Å². The summed E-state index contributed by atoms with van der Waals surface area (Å²) in [7, 11) is 1.91. The molecule has 1 atom stereocenters. The maximum atomic E-state index is 5.63. The van der Waals surface area contributed by atoms with Gasteiger partial charge in [0, 0.05) is 23.4 Å². The molecule has 1 aromatic carbocycles. The minimum absolute atomic E-state index is 0.286. The van der Waals surface area contributed by atoms with E-state index in [1.807, 2.05) is 30.6 Å². The Morgan fingerprint density at radius 3 is 2.88 bits per heavy atom. The van der Waals surface area contributed by atoms with Crippen molar-refractivity contribution in [3.63, 3.8) is 0 Å². The third-order valence-electron chi connectivity index (χ3n) is 3.96. The van der Waals surface area contributed by atoms with Gasteiger partial charge in [-0.2, -0.15) is 4.98 Å². The highest BCUT2D eigenvalue weighted by Crippen LogP contribution is 2.36. The van der Waals surface area contributed by atoms with Gasteiger partial charge in [0.25, 0.3) is 5.89 Å². The average molecular weight is 358 g/mol. The second-order valence-corrected chi connectivity index (χ2v) is 6.66. The fourth-order valence-electron chi connectivity index (χ4n) is 2.50. The number of rotatable bonds is 5. The zero-order valence-corrected chi connectivity index (χ0v) is 14.8. The second-order valence-electron chi connectivity index (χ2n) is 5.81. The monoisotopic (exact) mass is 358 g/mol. The number of aromatic nitrogens is 3. The van der Waals surface area contributed by atoms with E-state index in [1.54, 1.807) is 0 Å². The molecular formula is C17H18N4O3S. The molecular weight excluding hydrogens is 340 g/mol. The second kappa shape index (κ2) is 6.81. The molecule has 25 heavy (non-hydrogen) atoms. The molecule has 130 valence electrons. The SMILES string of the molecule is CNC(C)Cc1noc(-c2csc(-c3ccc4c(c3)OCCO4)n2)n1. The topological polar surface area (TPSA) is 82.3 Å². The molecule has 0 fully saturated rings. The Morgan fingerprint density at radius 1 is 1.20 bits per heavy atom. The number of hydrogen-bond donors (Lipinski definition) is 1. The summed E-state index contributed by atoms with van der Waals surface area (Å²) in [6.45, 7) is 3.22. The number of thiazole rings is 1. The Bertz CT molecular complexity index is 876. The molecule has 2 aromatic heterocycles. The van der Waals surface area contributed by atoms with E-state index in [0.717, 1.165) is 22.1 Å². The van der Waals surface area contributed by atoms with E-state index in [2.05, 4.69) is 27.4 Å². The van der Waals surface area contributed by atoms with Crippen LogP contribution in [0.25, 0.3) is 22.2 Å². The molecule has 8 heteroatoms. The van der Waals surface area contributed by atoms with Gasteiger partial charge in [0.2, 0.25) is 0 Å². The van der Waals surface area contributed by atoms with Crippen molar-refractivity contribution < 1.29 is 14.0 Å². The first-order chi connectivity index (χ1) is 12.2. The van der Waals surface area contributed by atoms with Crippen molar-refractivity contribution in [1.82, 2.24) is 20.4 Å². The van der Waals surface area contributed by atoms with Gasteiger partial charge in [-0.05, 0) is 32.2 Å². The van der Waals surface area contributed by atoms with Gasteiger partial charge in [-0.25, -0.2) is 4.98 Å². The quantitative estimate of drug-likeness (QED) is 0.751. The van der Waals surface area contributed by atoms with Gasteiger partial charge in [0.05, 0.1) is 0 Å². The molecule has 3 aromatic rings. The van der Waals surface area contributed by atoms with Crippen LogP contribution in [0, 0.1) is 0 Å².